The third-order valence-corrected chi connectivity index (χ3v) is 2.61. The maximum absolute atomic E-state index is 11.4. The standard InChI is InChI=1S/C14H20O/c1-10(2)9-13-5-7-14(8-6-13)11(3)12(4)15/h5-8,10-11H,9H2,1-4H3/i4T. The second-order valence-corrected chi connectivity index (χ2v) is 4.53. The first-order valence-electron chi connectivity index (χ1n) is 6.16. The molecule has 1 rings (SSSR count). The van der Waals surface area contributed by atoms with Gasteiger partial charge in [0.1, 0.15) is 5.78 Å². The number of ketones is 1. The summed E-state index contributed by atoms with van der Waals surface area (Å²) in [7, 11) is 0. The van der Waals surface area contributed by atoms with Crippen molar-refractivity contribution in [3.05, 3.63) is 35.4 Å². The summed E-state index contributed by atoms with van der Waals surface area (Å²) in [6.45, 7) is 6.13. The summed E-state index contributed by atoms with van der Waals surface area (Å²) in [5.74, 6) is 0.486. The van der Waals surface area contributed by atoms with Crippen LogP contribution in [0.15, 0.2) is 24.3 Å². The number of hydrogen-bond donors (Lipinski definition) is 0. The lowest BCUT2D eigenvalue weighted by Crippen LogP contribution is -2.04. The minimum Gasteiger partial charge on any atom is -0.299 e. The Morgan fingerprint density at radius 3 is 2.33 bits per heavy atom. The van der Waals surface area contributed by atoms with Crippen molar-refractivity contribution in [3.63, 3.8) is 0 Å². The van der Waals surface area contributed by atoms with Crippen molar-refractivity contribution in [1.82, 2.24) is 0 Å². The lowest BCUT2D eigenvalue weighted by Gasteiger charge is -2.10. The van der Waals surface area contributed by atoms with Crippen LogP contribution in [0.25, 0.3) is 0 Å². The Bertz CT molecular complexity index is 340. The average molecular weight is 206 g/mol. The molecule has 0 aliphatic rings. The first-order chi connectivity index (χ1) is 7.54. The van der Waals surface area contributed by atoms with Gasteiger partial charge in [-0.3, -0.25) is 4.79 Å². The van der Waals surface area contributed by atoms with Crippen LogP contribution >= 0.6 is 0 Å². The Hall–Kier alpha value is -1.11. The third-order valence-electron chi connectivity index (χ3n) is 2.61. The Morgan fingerprint density at radius 2 is 1.87 bits per heavy atom. The van der Waals surface area contributed by atoms with Gasteiger partial charge in [0.25, 0.3) is 0 Å². The first-order valence-corrected chi connectivity index (χ1v) is 5.45. The molecule has 0 aliphatic carbocycles. The van der Waals surface area contributed by atoms with Gasteiger partial charge >= 0.3 is 0 Å². The summed E-state index contributed by atoms with van der Waals surface area (Å²) in [5, 5.41) is 0. The van der Waals surface area contributed by atoms with E-state index in [1.165, 1.54) is 5.56 Å². The highest BCUT2D eigenvalue weighted by Gasteiger charge is 2.09. The smallest absolute Gasteiger partial charge is 0.136 e. The maximum atomic E-state index is 11.4. The van der Waals surface area contributed by atoms with Gasteiger partial charge in [-0.2, -0.15) is 0 Å². The Labute approximate surface area is 93.9 Å². The zero-order valence-electron chi connectivity index (χ0n) is 10.8. The van der Waals surface area contributed by atoms with E-state index in [9.17, 15) is 4.79 Å². The molecule has 15 heavy (non-hydrogen) atoms. The summed E-state index contributed by atoms with van der Waals surface area (Å²) in [6, 6.07) is 8.19. The van der Waals surface area contributed by atoms with Crippen molar-refractivity contribution in [2.75, 3.05) is 0 Å². The fourth-order valence-corrected chi connectivity index (χ4v) is 1.60. The summed E-state index contributed by atoms with van der Waals surface area (Å²) in [4.78, 5) is 11.4. The highest BCUT2D eigenvalue weighted by Crippen LogP contribution is 2.17. The van der Waals surface area contributed by atoms with E-state index in [-0.39, 0.29) is 18.6 Å². The van der Waals surface area contributed by atoms with Crippen LogP contribution in [0.1, 0.15) is 46.1 Å². The number of rotatable bonds is 4. The van der Waals surface area contributed by atoms with Gasteiger partial charge in [0, 0.05) is 7.29 Å². The largest absolute Gasteiger partial charge is 0.299 e. The Morgan fingerprint density at radius 1 is 1.27 bits per heavy atom. The molecule has 0 radical (unpaired) electrons. The van der Waals surface area contributed by atoms with Crippen LogP contribution in [0.4, 0.5) is 0 Å². The van der Waals surface area contributed by atoms with Crippen LogP contribution in [-0.4, -0.2) is 5.78 Å². The Balaban J connectivity index is 2.74. The van der Waals surface area contributed by atoms with Crippen molar-refractivity contribution < 1.29 is 6.17 Å². The van der Waals surface area contributed by atoms with E-state index in [0.29, 0.717) is 5.92 Å². The molecule has 0 heterocycles. The lowest BCUT2D eigenvalue weighted by molar-refractivity contribution is -0.118. The van der Waals surface area contributed by atoms with E-state index in [4.69, 9.17) is 1.37 Å². The normalized spacial score (nSPS) is 13.7. The van der Waals surface area contributed by atoms with Crippen molar-refractivity contribution in [2.24, 2.45) is 5.92 Å². The predicted molar refractivity (Wildman–Crippen MR) is 64.1 cm³/mol. The predicted octanol–water partition coefficient (Wildman–Crippen LogP) is 3.58. The minimum absolute atomic E-state index is 0.0170. The van der Waals surface area contributed by atoms with Gasteiger partial charge < -0.3 is 0 Å². The molecule has 1 heteroatoms. The van der Waals surface area contributed by atoms with Gasteiger partial charge in [0.2, 0.25) is 0 Å². The van der Waals surface area contributed by atoms with Crippen LogP contribution < -0.4 is 0 Å². The zero-order valence-corrected chi connectivity index (χ0v) is 9.79. The second kappa shape index (κ2) is 5.11. The topological polar surface area (TPSA) is 17.1 Å². The van der Waals surface area contributed by atoms with Crippen molar-refractivity contribution in [2.45, 2.75) is 40.0 Å². The number of Topliss-reactive ketones (excluding diaryl/α,β-unsaturated/α-hetero) is 1. The van der Waals surface area contributed by atoms with Gasteiger partial charge in [-0.05, 0) is 30.4 Å². The molecule has 82 valence electrons. The van der Waals surface area contributed by atoms with Gasteiger partial charge in [-0.15, -0.1) is 0 Å². The monoisotopic (exact) mass is 206 g/mol. The summed E-state index contributed by atoms with van der Waals surface area (Å²) < 4.78 is 7.07. The van der Waals surface area contributed by atoms with E-state index in [2.05, 4.69) is 26.0 Å². The molecule has 0 spiro atoms. The van der Waals surface area contributed by atoms with E-state index < -0.39 is 0 Å². The number of carbonyl (C=O) groups is 1. The van der Waals surface area contributed by atoms with Crippen LogP contribution in [0.5, 0.6) is 0 Å². The van der Waals surface area contributed by atoms with Gasteiger partial charge in [0.05, 0.1) is 0 Å². The molecule has 1 unspecified atom stereocenters. The SMILES string of the molecule is [3H]CC(=O)C(C)c1ccc(CC(C)C)cc1. The molecule has 1 atom stereocenters. The second-order valence-electron chi connectivity index (χ2n) is 4.53. The quantitative estimate of drug-likeness (QED) is 0.736. The molecule has 0 saturated heterocycles. The van der Waals surface area contributed by atoms with E-state index in [0.717, 1.165) is 12.0 Å². The highest BCUT2D eigenvalue weighted by atomic mass is 16.1. The molecular weight excluding hydrogens is 184 g/mol. The lowest BCUT2D eigenvalue weighted by atomic mass is 9.95. The number of hydrogen-bond acceptors (Lipinski definition) is 1. The highest BCUT2D eigenvalue weighted by molar-refractivity contribution is 5.82. The molecule has 0 bridgehead atoms. The average Bonchev–Trinajstić information content (AvgIpc) is 2.27. The van der Waals surface area contributed by atoms with Crippen molar-refractivity contribution in [1.29, 1.82) is 0 Å². The van der Waals surface area contributed by atoms with E-state index in [1.54, 1.807) is 0 Å². The van der Waals surface area contributed by atoms with Gasteiger partial charge in [-0.1, -0.05) is 45.0 Å². The molecule has 0 N–H and O–H groups in total. The van der Waals surface area contributed by atoms with Crippen molar-refractivity contribution >= 4 is 5.78 Å². The minimum atomic E-state index is -0.148. The molecule has 1 aromatic carbocycles. The number of benzene rings is 1. The summed E-state index contributed by atoms with van der Waals surface area (Å²) in [6.07, 6.45) is 1.07. The van der Waals surface area contributed by atoms with E-state index >= 15 is 0 Å². The van der Waals surface area contributed by atoms with Crippen LogP contribution in [-0.2, 0) is 11.2 Å². The molecule has 1 nitrogen and oxygen atoms in total. The first kappa shape index (κ1) is 10.4. The Kier molecular flexibility index (Phi) is 3.54. The van der Waals surface area contributed by atoms with Crippen LogP contribution in [0.2, 0.25) is 0 Å². The summed E-state index contributed by atoms with van der Waals surface area (Å²) >= 11 is 0. The molecular formula is C14H20O. The molecule has 0 fully saturated rings. The molecule has 0 saturated carbocycles. The van der Waals surface area contributed by atoms with Crippen LogP contribution in [0, 0.1) is 5.92 Å². The fourth-order valence-electron chi connectivity index (χ4n) is 1.60. The summed E-state index contributed by atoms with van der Waals surface area (Å²) in [5.41, 5.74) is 2.33. The number of carbonyl (C=O) groups excluding carboxylic acids is 1. The fraction of sp³-hybridized carbons (Fsp3) is 0.500. The maximum Gasteiger partial charge on any atom is 0.136 e. The zero-order chi connectivity index (χ0) is 12.1. The molecule has 0 amide bonds. The molecule has 0 aliphatic heterocycles. The van der Waals surface area contributed by atoms with Gasteiger partial charge in [0.15, 0.2) is 0 Å². The third kappa shape index (κ3) is 3.50. The molecule has 1 aromatic rings. The van der Waals surface area contributed by atoms with Crippen molar-refractivity contribution in [3.8, 4) is 0 Å². The van der Waals surface area contributed by atoms with E-state index in [1.807, 2.05) is 19.1 Å². The molecule has 0 aromatic heterocycles. The van der Waals surface area contributed by atoms with Gasteiger partial charge in [-0.25, -0.2) is 0 Å². The van der Waals surface area contributed by atoms with Crippen LogP contribution in [0.3, 0.4) is 0 Å².